The summed E-state index contributed by atoms with van der Waals surface area (Å²) in [6, 6.07) is 8.42. The van der Waals surface area contributed by atoms with E-state index in [1.807, 2.05) is 0 Å². The van der Waals surface area contributed by atoms with Crippen LogP contribution in [0.1, 0.15) is 24.0 Å². The van der Waals surface area contributed by atoms with E-state index >= 15 is 0 Å². The van der Waals surface area contributed by atoms with Gasteiger partial charge in [-0.25, -0.2) is 0 Å². The molecular formula is C12H12. The molecular weight excluding hydrogens is 144 g/mol. The van der Waals surface area contributed by atoms with Gasteiger partial charge in [0.2, 0.25) is 0 Å². The summed E-state index contributed by atoms with van der Waals surface area (Å²) in [7, 11) is 0. The molecule has 0 unspecified atom stereocenters. The minimum Gasteiger partial charge on any atom is -0.119 e. The van der Waals surface area contributed by atoms with E-state index in [1.165, 1.54) is 11.1 Å². The standard InChI is InChI=1S/C12H12/c1-3-12(8-9-12)11-7-5-4-6-10(11)2/h1,4-7H,8-9H2,2H3. The maximum Gasteiger partial charge on any atom is 0.0564 e. The third kappa shape index (κ3) is 0.940. The third-order valence-electron chi connectivity index (χ3n) is 2.69. The minimum absolute atomic E-state index is 0.103. The van der Waals surface area contributed by atoms with Gasteiger partial charge in [-0.2, -0.15) is 0 Å². The maximum atomic E-state index is 5.52. The van der Waals surface area contributed by atoms with Crippen LogP contribution >= 0.6 is 0 Å². The lowest BCUT2D eigenvalue weighted by Crippen LogP contribution is -2.04. The Morgan fingerprint density at radius 1 is 1.33 bits per heavy atom. The van der Waals surface area contributed by atoms with Crippen LogP contribution in [0.15, 0.2) is 24.3 Å². The molecule has 1 saturated carbocycles. The summed E-state index contributed by atoms with van der Waals surface area (Å²) in [6.07, 6.45) is 7.84. The molecule has 0 amide bonds. The van der Waals surface area contributed by atoms with Gasteiger partial charge in [0, 0.05) is 0 Å². The first-order chi connectivity index (χ1) is 5.78. The predicted molar refractivity (Wildman–Crippen MR) is 50.9 cm³/mol. The highest BCUT2D eigenvalue weighted by molar-refractivity contribution is 5.44. The molecule has 0 spiro atoms. The fourth-order valence-electron chi connectivity index (χ4n) is 1.73. The largest absolute Gasteiger partial charge is 0.119 e. The monoisotopic (exact) mass is 156 g/mol. The van der Waals surface area contributed by atoms with Crippen LogP contribution in [0.2, 0.25) is 0 Å². The molecule has 0 heteroatoms. The van der Waals surface area contributed by atoms with E-state index in [-0.39, 0.29) is 5.41 Å². The fourth-order valence-corrected chi connectivity index (χ4v) is 1.73. The van der Waals surface area contributed by atoms with Crippen molar-refractivity contribution in [1.29, 1.82) is 0 Å². The molecule has 60 valence electrons. The number of rotatable bonds is 1. The normalized spacial score (nSPS) is 18.3. The zero-order valence-corrected chi connectivity index (χ0v) is 7.30. The topological polar surface area (TPSA) is 0 Å². The summed E-state index contributed by atoms with van der Waals surface area (Å²) >= 11 is 0. The van der Waals surface area contributed by atoms with Gasteiger partial charge in [0.1, 0.15) is 0 Å². The Bertz CT molecular complexity index is 337. The van der Waals surface area contributed by atoms with E-state index < -0.39 is 0 Å². The summed E-state index contributed by atoms with van der Waals surface area (Å²) in [4.78, 5) is 0. The van der Waals surface area contributed by atoms with Gasteiger partial charge in [0.15, 0.2) is 0 Å². The highest BCUT2D eigenvalue weighted by Gasteiger charge is 2.43. The lowest BCUT2D eigenvalue weighted by Gasteiger charge is -2.10. The lowest BCUT2D eigenvalue weighted by molar-refractivity contribution is 0.916. The zero-order valence-electron chi connectivity index (χ0n) is 7.30. The highest BCUT2D eigenvalue weighted by atomic mass is 14.4. The summed E-state index contributed by atoms with van der Waals surface area (Å²) < 4.78 is 0. The van der Waals surface area contributed by atoms with Gasteiger partial charge < -0.3 is 0 Å². The van der Waals surface area contributed by atoms with Crippen molar-refractivity contribution in [3.63, 3.8) is 0 Å². The highest BCUT2D eigenvalue weighted by Crippen LogP contribution is 2.48. The second-order valence-corrected chi connectivity index (χ2v) is 3.54. The molecule has 0 aliphatic heterocycles. The van der Waals surface area contributed by atoms with Crippen LogP contribution in [-0.2, 0) is 5.41 Å². The van der Waals surface area contributed by atoms with E-state index in [4.69, 9.17) is 6.42 Å². The quantitative estimate of drug-likeness (QED) is 0.548. The molecule has 0 heterocycles. The summed E-state index contributed by atoms with van der Waals surface area (Å²) in [5.74, 6) is 2.91. The van der Waals surface area contributed by atoms with Crippen molar-refractivity contribution in [2.24, 2.45) is 0 Å². The van der Waals surface area contributed by atoms with Gasteiger partial charge >= 0.3 is 0 Å². The van der Waals surface area contributed by atoms with E-state index in [0.29, 0.717) is 0 Å². The molecule has 0 atom stereocenters. The van der Waals surface area contributed by atoms with Crippen molar-refractivity contribution >= 4 is 0 Å². The zero-order chi connectivity index (χ0) is 8.60. The average Bonchev–Trinajstić information content (AvgIpc) is 2.86. The SMILES string of the molecule is C#CC1(c2ccccc2C)CC1. The average molecular weight is 156 g/mol. The van der Waals surface area contributed by atoms with Crippen LogP contribution in [0.25, 0.3) is 0 Å². The first-order valence-corrected chi connectivity index (χ1v) is 4.32. The number of benzene rings is 1. The molecule has 1 aliphatic carbocycles. The molecule has 1 aromatic rings. The molecule has 1 fully saturated rings. The van der Waals surface area contributed by atoms with E-state index in [1.54, 1.807) is 0 Å². The Balaban J connectivity index is 2.48. The van der Waals surface area contributed by atoms with Crippen LogP contribution in [0.4, 0.5) is 0 Å². The second-order valence-electron chi connectivity index (χ2n) is 3.54. The number of hydrogen-bond acceptors (Lipinski definition) is 0. The Labute approximate surface area is 73.6 Å². The molecule has 0 N–H and O–H groups in total. The third-order valence-corrected chi connectivity index (χ3v) is 2.69. The Morgan fingerprint density at radius 2 is 2.00 bits per heavy atom. The lowest BCUT2D eigenvalue weighted by atomic mass is 9.93. The Hall–Kier alpha value is -1.22. The van der Waals surface area contributed by atoms with Crippen molar-refractivity contribution in [2.45, 2.75) is 25.2 Å². The molecule has 0 nitrogen and oxygen atoms in total. The van der Waals surface area contributed by atoms with Crippen LogP contribution in [0.5, 0.6) is 0 Å². The number of aryl methyl sites for hydroxylation is 1. The molecule has 1 aromatic carbocycles. The van der Waals surface area contributed by atoms with Crippen LogP contribution in [0, 0.1) is 19.3 Å². The van der Waals surface area contributed by atoms with Gasteiger partial charge in [-0.1, -0.05) is 30.2 Å². The minimum atomic E-state index is 0.103. The van der Waals surface area contributed by atoms with Crippen LogP contribution in [0.3, 0.4) is 0 Å². The second kappa shape index (κ2) is 2.38. The van der Waals surface area contributed by atoms with Crippen LogP contribution < -0.4 is 0 Å². The van der Waals surface area contributed by atoms with E-state index in [9.17, 15) is 0 Å². The van der Waals surface area contributed by atoms with Gasteiger partial charge in [0.25, 0.3) is 0 Å². The molecule has 1 aliphatic rings. The van der Waals surface area contributed by atoms with Crippen molar-refractivity contribution in [2.75, 3.05) is 0 Å². The first-order valence-electron chi connectivity index (χ1n) is 4.32. The molecule has 0 radical (unpaired) electrons. The summed E-state index contributed by atoms with van der Waals surface area (Å²) in [5.41, 5.74) is 2.78. The smallest absolute Gasteiger partial charge is 0.0564 e. The van der Waals surface area contributed by atoms with Crippen molar-refractivity contribution < 1.29 is 0 Å². The maximum absolute atomic E-state index is 5.52. The number of terminal acetylenes is 1. The van der Waals surface area contributed by atoms with E-state index in [0.717, 1.165) is 12.8 Å². The van der Waals surface area contributed by atoms with Gasteiger partial charge in [-0.3, -0.25) is 0 Å². The molecule has 2 rings (SSSR count). The van der Waals surface area contributed by atoms with Crippen molar-refractivity contribution in [3.05, 3.63) is 35.4 Å². The molecule has 0 saturated heterocycles. The van der Waals surface area contributed by atoms with Crippen molar-refractivity contribution in [1.82, 2.24) is 0 Å². The fraction of sp³-hybridized carbons (Fsp3) is 0.333. The van der Waals surface area contributed by atoms with Gasteiger partial charge in [-0.05, 0) is 30.9 Å². The Morgan fingerprint density at radius 3 is 2.50 bits per heavy atom. The molecule has 0 bridgehead atoms. The molecule has 0 aromatic heterocycles. The summed E-state index contributed by atoms with van der Waals surface area (Å²) in [5, 5.41) is 0. The van der Waals surface area contributed by atoms with Gasteiger partial charge in [-0.15, -0.1) is 6.42 Å². The van der Waals surface area contributed by atoms with Crippen molar-refractivity contribution in [3.8, 4) is 12.3 Å². The summed E-state index contributed by atoms with van der Waals surface area (Å²) in [6.45, 7) is 2.13. The number of hydrogen-bond donors (Lipinski definition) is 0. The van der Waals surface area contributed by atoms with E-state index in [2.05, 4.69) is 37.1 Å². The molecule has 12 heavy (non-hydrogen) atoms. The van der Waals surface area contributed by atoms with Gasteiger partial charge in [0.05, 0.1) is 5.41 Å². The van der Waals surface area contributed by atoms with Crippen LogP contribution in [-0.4, -0.2) is 0 Å². The Kier molecular flexibility index (Phi) is 1.48. The predicted octanol–water partition coefficient (Wildman–Crippen LogP) is 2.66. The first kappa shape index (κ1) is 7.43.